The van der Waals surface area contributed by atoms with Crippen LogP contribution in [0, 0.1) is 17.2 Å². The molecule has 1 N–H and O–H groups in total. The van der Waals surface area contributed by atoms with Gasteiger partial charge < -0.3 is 9.88 Å². The van der Waals surface area contributed by atoms with Crippen LogP contribution in [-0.4, -0.2) is 32.0 Å². The zero-order valence-electron chi connectivity index (χ0n) is 14.6. The minimum Gasteiger partial charge on any atom is -0.337 e. The molecular weight excluding hydrogens is 358 g/mol. The second-order valence-corrected chi connectivity index (χ2v) is 7.50. The van der Waals surface area contributed by atoms with Crippen molar-refractivity contribution in [1.29, 1.82) is 5.26 Å². The quantitative estimate of drug-likeness (QED) is 0.781. The lowest BCUT2D eigenvalue weighted by atomic mass is 9.90. The molecule has 0 saturated carbocycles. The van der Waals surface area contributed by atoms with E-state index in [-0.39, 0.29) is 17.6 Å². The predicted molar refractivity (Wildman–Crippen MR) is 99.2 cm³/mol. The van der Waals surface area contributed by atoms with Crippen molar-refractivity contribution in [3.8, 4) is 17.5 Å². The van der Waals surface area contributed by atoms with E-state index in [0.717, 1.165) is 5.56 Å². The molecule has 1 atom stereocenters. The standard InChI is InChI=1S/C17H20ClN5OS/c1-11(2)17(3,10-19)20-14(24)9-25-16-22-21-15(23(16)4)12-7-5-6-8-13(12)18/h5-8,11H,9H2,1-4H3,(H,20,24)/t17-/m0/s1. The van der Waals surface area contributed by atoms with Crippen molar-refractivity contribution >= 4 is 29.3 Å². The van der Waals surface area contributed by atoms with Crippen LogP contribution in [0.25, 0.3) is 11.4 Å². The Kier molecular flexibility index (Phi) is 6.09. The van der Waals surface area contributed by atoms with E-state index in [1.807, 2.05) is 39.1 Å². The van der Waals surface area contributed by atoms with Crippen LogP contribution in [0.4, 0.5) is 0 Å². The molecule has 8 heteroatoms. The fourth-order valence-corrected chi connectivity index (χ4v) is 3.01. The minimum atomic E-state index is -0.889. The second-order valence-electron chi connectivity index (χ2n) is 6.15. The summed E-state index contributed by atoms with van der Waals surface area (Å²) in [7, 11) is 1.83. The van der Waals surface area contributed by atoms with E-state index in [0.29, 0.717) is 16.0 Å². The average Bonchev–Trinajstić information content (AvgIpc) is 2.94. The Bertz CT molecular complexity index is 814. The molecule has 1 heterocycles. The van der Waals surface area contributed by atoms with Crippen molar-refractivity contribution in [2.24, 2.45) is 13.0 Å². The van der Waals surface area contributed by atoms with Gasteiger partial charge in [0.05, 0.1) is 16.8 Å². The third-order valence-corrected chi connectivity index (χ3v) is 5.42. The molecule has 0 saturated heterocycles. The van der Waals surface area contributed by atoms with Gasteiger partial charge in [0.15, 0.2) is 11.0 Å². The lowest BCUT2D eigenvalue weighted by molar-refractivity contribution is -0.120. The van der Waals surface area contributed by atoms with Gasteiger partial charge in [-0.05, 0) is 25.0 Å². The Morgan fingerprint density at radius 2 is 2.12 bits per heavy atom. The first-order valence-electron chi connectivity index (χ1n) is 7.78. The highest BCUT2D eigenvalue weighted by atomic mass is 35.5. The van der Waals surface area contributed by atoms with E-state index >= 15 is 0 Å². The van der Waals surface area contributed by atoms with Gasteiger partial charge in [-0.1, -0.05) is 49.3 Å². The van der Waals surface area contributed by atoms with Crippen molar-refractivity contribution in [1.82, 2.24) is 20.1 Å². The Morgan fingerprint density at radius 1 is 1.44 bits per heavy atom. The second kappa shape index (κ2) is 7.89. The molecule has 0 aliphatic heterocycles. The summed E-state index contributed by atoms with van der Waals surface area (Å²) in [5, 5.41) is 21.6. The van der Waals surface area contributed by atoms with Crippen molar-refractivity contribution in [3.05, 3.63) is 29.3 Å². The summed E-state index contributed by atoms with van der Waals surface area (Å²) in [5.41, 5.74) is -0.104. The lowest BCUT2D eigenvalue weighted by Crippen LogP contribution is -2.49. The Morgan fingerprint density at radius 3 is 2.72 bits per heavy atom. The van der Waals surface area contributed by atoms with E-state index in [9.17, 15) is 10.1 Å². The first-order chi connectivity index (χ1) is 11.8. The molecule has 25 heavy (non-hydrogen) atoms. The van der Waals surface area contributed by atoms with Gasteiger partial charge in [-0.2, -0.15) is 5.26 Å². The molecule has 0 spiro atoms. The van der Waals surface area contributed by atoms with Crippen LogP contribution in [0.15, 0.2) is 29.4 Å². The number of nitriles is 1. The smallest absolute Gasteiger partial charge is 0.231 e. The van der Waals surface area contributed by atoms with Crippen molar-refractivity contribution in [2.45, 2.75) is 31.5 Å². The normalized spacial score (nSPS) is 13.3. The average molecular weight is 378 g/mol. The summed E-state index contributed by atoms with van der Waals surface area (Å²) in [6.45, 7) is 5.52. The van der Waals surface area contributed by atoms with Crippen LogP contribution in [0.3, 0.4) is 0 Å². The number of amides is 1. The maximum atomic E-state index is 12.2. The van der Waals surface area contributed by atoms with Crippen LogP contribution in [0.2, 0.25) is 5.02 Å². The molecule has 0 fully saturated rings. The van der Waals surface area contributed by atoms with Gasteiger partial charge in [0, 0.05) is 12.6 Å². The SMILES string of the molecule is CC(C)[C@](C)(C#N)NC(=O)CSc1nnc(-c2ccccc2Cl)n1C. The highest BCUT2D eigenvalue weighted by molar-refractivity contribution is 7.99. The van der Waals surface area contributed by atoms with Crippen molar-refractivity contribution in [3.63, 3.8) is 0 Å². The number of hydrogen-bond acceptors (Lipinski definition) is 5. The third kappa shape index (κ3) is 4.33. The van der Waals surface area contributed by atoms with Gasteiger partial charge in [-0.25, -0.2) is 0 Å². The summed E-state index contributed by atoms with van der Waals surface area (Å²) in [5.74, 6) is 0.578. The van der Waals surface area contributed by atoms with Crippen LogP contribution in [-0.2, 0) is 11.8 Å². The largest absolute Gasteiger partial charge is 0.337 e. The zero-order chi connectivity index (χ0) is 18.6. The van der Waals surface area contributed by atoms with E-state index in [4.69, 9.17) is 11.6 Å². The molecule has 1 amide bonds. The number of carbonyl (C=O) groups excluding carboxylic acids is 1. The van der Waals surface area contributed by atoms with Gasteiger partial charge in [0.25, 0.3) is 0 Å². The molecule has 2 aromatic rings. The molecule has 0 radical (unpaired) electrons. The summed E-state index contributed by atoms with van der Waals surface area (Å²) in [6.07, 6.45) is 0. The van der Waals surface area contributed by atoms with Crippen LogP contribution < -0.4 is 5.32 Å². The highest BCUT2D eigenvalue weighted by Crippen LogP contribution is 2.28. The Hall–Kier alpha value is -2.04. The van der Waals surface area contributed by atoms with Crippen LogP contribution in [0.1, 0.15) is 20.8 Å². The summed E-state index contributed by atoms with van der Waals surface area (Å²) in [6, 6.07) is 9.55. The molecule has 0 bridgehead atoms. The molecule has 0 unspecified atom stereocenters. The van der Waals surface area contributed by atoms with E-state index in [1.165, 1.54) is 11.8 Å². The van der Waals surface area contributed by atoms with Crippen LogP contribution >= 0.6 is 23.4 Å². The molecule has 1 aromatic carbocycles. The summed E-state index contributed by atoms with van der Waals surface area (Å²) < 4.78 is 1.80. The first kappa shape index (κ1) is 19.3. The van der Waals surface area contributed by atoms with Gasteiger partial charge in [-0.3, -0.25) is 4.79 Å². The molecule has 2 rings (SSSR count). The van der Waals surface area contributed by atoms with E-state index in [1.54, 1.807) is 17.6 Å². The molecule has 6 nitrogen and oxygen atoms in total. The van der Waals surface area contributed by atoms with E-state index < -0.39 is 5.54 Å². The number of hydrogen-bond donors (Lipinski definition) is 1. The zero-order valence-corrected chi connectivity index (χ0v) is 16.1. The lowest BCUT2D eigenvalue weighted by Gasteiger charge is -2.27. The summed E-state index contributed by atoms with van der Waals surface area (Å²) >= 11 is 7.47. The van der Waals surface area contributed by atoms with E-state index in [2.05, 4.69) is 21.6 Å². The van der Waals surface area contributed by atoms with Gasteiger partial charge in [-0.15, -0.1) is 10.2 Å². The summed E-state index contributed by atoms with van der Waals surface area (Å²) in [4.78, 5) is 12.2. The number of aromatic nitrogens is 3. The maximum absolute atomic E-state index is 12.2. The minimum absolute atomic E-state index is 0.00750. The van der Waals surface area contributed by atoms with Crippen LogP contribution in [0.5, 0.6) is 0 Å². The number of nitrogens with zero attached hydrogens (tertiary/aromatic N) is 4. The number of benzene rings is 1. The maximum Gasteiger partial charge on any atom is 0.231 e. The number of thioether (sulfide) groups is 1. The molecule has 0 aliphatic rings. The Balaban J connectivity index is 2.07. The third-order valence-electron chi connectivity index (χ3n) is 4.07. The van der Waals surface area contributed by atoms with Gasteiger partial charge in [0.1, 0.15) is 5.54 Å². The van der Waals surface area contributed by atoms with Crippen molar-refractivity contribution < 1.29 is 4.79 Å². The topological polar surface area (TPSA) is 83.6 Å². The Labute approximate surface area is 156 Å². The molecule has 0 aliphatic carbocycles. The highest BCUT2D eigenvalue weighted by Gasteiger charge is 2.30. The monoisotopic (exact) mass is 377 g/mol. The van der Waals surface area contributed by atoms with Gasteiger partial charge in [0.2, 0.25) is 5.91 Å². The molecule has 1 aromatic heterocycles. The molecular formula is C17H20ClN5OS. The number of nitrogens with one attached hydrogen (secondary N) is 1. The number of rotatable bonds is 6. The number of carbonyl (C=O) groups is 1. The van der Waals surface area contributed by atoms with Crippen molar-refractivity contribution in [2.75, 3.05) is 5.75 Å². The fraction of sp³-hybridized carbons (Fsp3) is 0.412. The van der Waals surface area contributed by atoms with Gasteiger partial charge >= 0.3 is 0 Å². The fourth-order valence-electron chi connectivity index (χ4n) is 2.07. The number of halogens is 1. The predicted octanol–water partition coefficient (Wildman–Crippen LogP) is 3.28. The molecule has 132 valence electrons. The first-order valence-corrected chi connectivity index (χ1v) is 9.14.